The van der Waals surface area contributed by atoms with E-state index >= 15 is 0 Å². The molecule has 1 N–H and O–H groups in total. The fourth-order valence-electron chi connectivity index (χ4n) is 2.22. The predicted octanol–water partition coefficient (Wildman–Crippen LogP) is 4.62. The number of hydrogen-bond donors (Lipinski definition) is 1. The zero-order valence-corrected chi connectivity index (χ0v) is 11.2. The number of pyridine rings is 1. The molecule has 1 aromatic heterocycles. The third kappa shape index (κ3) is 3.46. The zero-order chi connectivity index (χ0) is 12.6. The largest absolute Gasteiger partial charge is 0.384 e. The Morgan fingerprint density at radius 3 is 2.83 bits per heavy atom. The van der Waals surface area contributed by atoms with E-state index in [1.807, 2.05) is 12.4 Å². The lowest BCUT2D eigenvalue weighted by molar-refractivity contribution is 0.645. The van der Waals surface area contributed by atoms with Crippen LogP contribution in [0.15, 0.2) is 36.7 Å². The van der Waals surface area contributed by atoms with Gasteiger partial charge >= 0.3 is 0 Å². The molecule has 18 heavy (non-hydrogen) atoms. The molecule has 1 heterocycles. The summed E-state index contributed by atoms with van der Waals surface area (Å²) in [7, 11) is 0. The number of nitrogens with one attached hydrogen (secondary N) is 1. The highest BCUT2D eigenvalue weighted by Gasteiger charge is 1.99. The van der Waals surface area contributed by atoms with E-state index in [4.69, 9.17) is 0 Å². The van der Waals surface area contributed by atoms with Crippen molar-refractivity contribution in [3.05, 3.63) is 36.7 Å². The molecule has 0 saturated carbocycles. The molecule has 0 saturated heterocycles. The summed E-state index contributed by atoms with van der Waals surface area (Å²) in [5, 5.41) is 5.99. The first-order valence-corrected chi connectivity index (χ1v) is 6.98. The topological polar surface area (TPSA) is 24.9 Å². The normalized spacial score (nSPS) is 10.7. The van der Waals surface area contributed by atoms with Crippen LogP contribution in [0, 0.1) is 0 Å². The zero-order valence-electron chi connectivity index (χ0n) is 11.2. The van der Waals surface area contributed by atoms with Crippen LogP contribution in [0.25, 0.3) is 10.8 Å². The van der Waals surface area contributed by atoms with E-state index in [1.165, 1.54) is 48.6 Å². The SMILES string of the molecule is CCCCCCCNc1cccc2ccncc12. The summed E-state index contributed by atoms with van der Waals surface area (Å²) in [6, 6.07) is 8.42. The molecule has 0 aliphatic heterocycles. The number of unbranched alkanes of at least 4 members (excludes halogenated alkanes) is 4. The Balaban J connectivity index is 1.88. The lowest BCUT2D eigenvalue weighted by Crippen LogP contribution is -2.01. The van der Waals surface area contributed by atoms with Crippen LogP contribution in [-0.4, -0.2) is 11.5 Å². The predicted molar refractivity (Wildman–Crippen MR) is 79.0 cm³/mol. The molecular formula is C16H22N2. The smallest absolute Gasteiger partial charge is 0.0435 e. The monoisotopic (exact) mass is 242 g/mol. The molecule has 0 bridgehead atoms. The summed E-state index contributed by atoms with van der Waals surface area (Å²) in [5.74, 6) is 0. The quantitative estimate of drug-likeness (QED) is 0.717. The molecule has 2 heteroatoms. The van der Waals surface area contributed by atoms with Crippen molar-refractivity contribution >= 4 is 16.5 Å². The highest BCUT2D eigenvalue weighted by Crippen LogP contribution is 2.21. The number of rotatable bonds is 7. The second-order valence-corrected chi connectivity index (χ2v) is 4.74. The van der Waals surface area contributed by atoms with E-state index in [0.717, 1.165) is 6.54 Å². The van der Waals surface area contributed by atoms with Crippen LogP contribution in [-0.2, 0) is 0 Å². The minimum Gasteiger partial charge on any atom is -0.384 e. The van der Waals surface area contributed by atoms with Crippen LogP contribution in [0.5, 0.6) is 0 Å². The molecule has 0 unspecified atom stereocenters. The van der Waals surface area contributed by atoms with Gasteiger partial charge in [-0.25, -0.2) is 0 Å². The molecule has 96 valence electrons. The van der Waals surface area contributed by atoms with E-state index < -0.39 is 0 Å². The average molecular weight is 242 g/mol. The lowest BCUT2D eigenvalue weighted by atomic mass is 10.1. The summed E-state index contributed by atoms with van der Waals surface area (Å²) in [6.07, 6.45) is 10.4. The highest BCUT2D eigenvalue weighted by atomic mass is 14.9. The van der Waals surface area contributed by atoms with E-state index in [-0.39, 0.29) is 0 Å². The second kappa shape index (κ2) is 7.00. The molecule has 0 aliphatic carbocycles. The molecule has 0 spiro atoms. The summed E-state index contributed by atoms with van der Waals surface area (Å²) in [4.78, 5) is 4.20. The Kier molecular flexibility index (Phi) is 5.00. The van der Waals surface area contributed by atoms with E-state index in [0.29, 0.717) is 0 Å². The van der Waals surface area contributed by atoms with Gasteiger partial charge in [-0.15, -0.1) is 0 Å². The van der Waals surface area contributed by atoms with Crippen molar-refractivity contribution in [3.63, 3.8) is 0 Å². The fourth-order valence-corrected chi connectivity index (χ4v) is 2.22. The molecule has 2 rings (SSSR count). The standard InChI is InChI=1S/C16H22N2/c1-2-3-4-5-6-11-18-16-9-7-8-14-10-12-17-13-15(14)16/h7-10,12-13,18H,2-6,11H2,1H3. The van der Waals surface area contributed by atoms with Crippen LogP contribution in [0.4, 0.5) is 5.69 Å². The number of hydrogen-bond acceptors (Lipinski definition) is 2. The van der Waals surface area contributed by atoms with Gasteiger partial charge in [0.1, 0.15) is 0 Å². The van der Waals surface area contributed by atoms with Crippen molar-refractivity contribution < 1.29 is 0 Å². The van der Waals surface area contributed by atoms with Gasteiger partial charge in [-0.2, -0.15) is 0 Å². The minimum atomic E-state index is 1.05. The van der Waals surface area contributed by atoms with Crippen molar-refractivity contribution in [2.24, 2.45) is 0 Å². The van der Waals surface area contributed by atoms with E-state index in [2.05, 4.69) is 41.5 Å². The number of aromatic nitrogens is 1. The molecule has 2 nitrogen and oxygen atoms in total. The van der Waals surface area contributed by atoms with Gasteiger partial charge < -0.3 is 5.32 Å². The van der Waals surface area contributed by atoms with E-state index in [9.17, 15) is 0 Å². The van der Waals surface area contributed by atoms with E-state index in [1.54, 1.807) is 0 Å². The Hall–Kier alpha value is -1.57. The maximum absolute atomic E-state index is 4.20. The van der Waals surface area contributed by atoms with Gasteiger partial charge in [0, 0.05) is 30.0 Å². The maximum atomic E-state index is 4.20. The maximum Gasteiger partial charge on any atom is 0.0435 e. The van der Waals surface area contributed by atoms with Crippen LogP contribution >= 0.6 is 0 Å². The first kappa shape index (κ1) is 12.9. The van der Waals surface area contributed by atoms with Gasteiger partial charge in [-0.05, 0) is 23.9 Å². The molecule has 1 aromatic carbocycles. The fraction of sp³-hybridized carbons (Fsp3) is 0.438. The average Bonchev–Trinajstić information content (AvgIpc) is 2.43. The van der Waals surface area contributed by atoms with Crippen molar-refractivity contribution in [2.75, 3.05) is 11.9 Å². The Labute approximate surface area is 109 Å². The molecule has 0 aliphatic rings. The Morgan fingerprint density at radius 2 is 1.94 bits per heavy atom. The van der Waals surface area contributed by atoms with Crippen molar-refractivity contribution in [3.8, 4) is 0 Å². The third-order valence-electron chi connectivity index (χ3n) is 3.28. The Morgan fingerprint density at radius 1 is 1.06 bits per heavy atom. The highest BCUT2D eigenvalue weighted by molar-refractivity contribution is 5.92. The number of fused-ring (bicyclic) bond motifs is 1. The van der Waals surface area contributed by atoms with Crippen molar-refractivity contribution in [1.29, 1.82) is 0 Å². The lowest BCUT2D eigenvalue weighted by Gasteiger charge is -2.09. The molecule has 0 fully saturated rings. The molecule has 2 aromatic rings. The molecule has 0 amide bonds. The second-order valence-electron chi connectivity index (χ2n) is 4.74. The minimum absolute atomic E-state index is 1.05. The van der Waals surface area contributed by atoms with Gasteiger partial charge in [0.05, 0.1) is 0 Å². The van der Waals surface area contributed by atoms with Crippen LogP contribution < -0.4 is 5.32 Å². The van der Waals surface area contributed by atoms with Gasteiger partial charge in [0.2, 0.25) is 0 Å². The summed E-state index contributed by atoms with van der Waals surface area (Å²) in [6.45, 7) is 3.30. The van der Waals surface area contributed by atoms with Gasteiger partial charge in [-0.3, -0.25) is 4.98 Å². The van der Waals surface area contributed by atoms with Crippen molar-refractivity contribution in [2.45, 2.75) is 39.0 Å². The van der Waals surface area contributed by atoms with Gasteiger partial charge in [0.25, 0.3) is 0 Å². The number of anilines is 1. The van der Waals surface area contributed by atoms with Crippen LogP contribution in [0.1, 0.15) is 39.0 Å². The van der Waals surface area contributed by atoms with Gasteiger partial charge in [-0.1, -0.05) is 44.7 Å². The molecule has 0 atom stereocenters. The van der Waals surface area contributed by atoms with Crippen LogP contribution in [0.2, 0.25) is 0 Å². The first-order chi connectivity index (χ1) is 8.92. The molecule has 0 radical (unpaired) electrons. The van der Waals surface area contributed by atoms with Crippen molar-refractivity contribution in [1.82, 2.24) is 4.98 Å². The number of benzene rings is 1. The summed E-state index contributed by atoms with van der Waals surface area (Å²) < 4.78 is 0. The summed E-state index contributed by atoms with van der Waals surface area (Å²) in [5.41, 5.74) is 1.20. The first-order valence-electron chi connectivity index (χ1n) is 6.98. The number of nitrogens with zero attached hydrogens (tertiary/aromatic N) is 1. The Bertz CT molecular complexity index is 474. The third-order valence-corrected chi connectivity index (χ3v) is 3.28. The van der Waals surface area contributed by atoms with Crippen LogP contribution in [0.3, 0.4) is 0 Å². The summed E-state index contributed by atoms with van der Waals surface area (Å²) >= 11 is 0. The van der Waals surface area contributed by atoms with Gasteiger partial charge in [0.15, 0.2) is 0 Å². The molecular weight excluding hydrogens is 220 g/mol.